The van der Waals surface area contributed by atoms with Gasteiger partial charge in [0, 0.05) is 47.4 Å². The van der Waals surface area contributed by atoms with Crippen molar-refractivity contribution in [3.8, 4) is 23.3 Å². The molecule has 12 nitrogen and oxygen atoms in total. The van der Waals surface area contributed by atoms with E-state index in [4.69, 9.17) is 36.3 Å². The van der Waals surface area contributed by atoms with Crippen molar-refractivity contribution in [3.63, 3.8) is 0 Å². The Kier molecular flexibility index (Phi) is 10.5. The lowest BCUT2D eigenvalue weighted by Gasteiger charge is -2.62. The molecule has 1 aromatic rings. The average molecular weight is 813 g/mol. The van der Waals surface area contributed by atoms with Gasteiger partial charge in [0.05, 0.1) is 40.7 Å². The highest BCUT2D eigenvalue weighted by molar-refractivity contribution is 6.26. The Balaban J connectivity index is 1.56. The van der Waals surface area contributed by atoms with Crippen LogP contribution in [-0.4, -0.2) is 64.2 Å². The molecule has 8 rings (SSSR count). The van der Waals surface area contributed by atoms with Gasteiger partial charge in [-0.05, 0) is 93.2 Å². The number of allylic oxidation sites excluding steroid dienone is 5. The molecule has 1 spiro atoms. The van der Waals surface area contributed by atoms with E-state index in [1.54, 1.807) is 13.0 Å². The number of carbonyl (C=O) groups is 3. The number of halogens is 1. The Morgan fingerprint density at radius 1 is 1.12 bits per heavy atom. The number of hydrogen-bond donors (Lipinski definition) is 4. The maximum atomic E-state index is 15.3. The summed E-state index contributed by atoms with van der Waals surface area (Å²) in [5, 5.41) is 26.0. The molecule has 0 aromatic heterocycles. The van der Waals surface area contributed by atoms with Gasteiger partial charge in [-0.2, -0.15) is 5.26 Å². The van der Waals surface area contributed by atoms with Gasteiger partial charge in [0.1, 0.15) is 28.8 Å². The minimum Gasteiger partial charge on any atom is -0.482 e. The number of ketones is 1. The summed E-state index contributed by atoms with van der Waals surface area (Å²) in [5.74, 6) is -2.60. The zero-order valence-corrected chi connectivity index (χ0v) is 35.2. The first-order valence-corrected chi connectivity index (χ1v) is 20.5. The van der Waals surface area contributed by atoms with E-state index >= 15 is 4.79 Å². The Labute approximate surface area is 344 Å². The summed E-state index contributed by atoms with van der Waals surface area (Å²) in [6.07, 6.45) is 11.9. The molecule has 3 aliphatic carbocycles. The summed E-state index contributed by atoms with van der Waals surface area (Å²) < 4.78 is 27.9. The van der Waals surface area contributed by atoms with Crippen molar-refractivity contribution in [2.45, 2.75) is 110 Å². The van der Waals surface area contributed by atoms with Gasteiger partial charge in [-0.1, -0.05) is 29.4 Å². The first-order valence-electron chi connectivity index (χ1n) is 20.0. The van der Waals surface area contributed by atoms with Crippen LogP contribution in [-0.2, 0) is 25.5 Å². The first-order chi connectivity index (χ1) is 27.4. The molecule has 308 valence electrons. The lowest BCUT2D eigenvalue weighted by Crippen LogP contribution is -2.75. The van der Waals surface area contributed by atoms with Crippen LogP contribution in [0.2, 0.25) is 0 Å². The number of nitriles is 1. The number of aliphatic hydroxyl groups excluding tert-OH is 1. The van der Waals surface area contributed by atoms with E-state index in [9.17, 15) is 20.0 Å². The predicted molar refractivity (Wildman–Crippen MR) is 219 cm³/mol. The molecule has 1 amide bonds. The Bertz CT molecular complexity index is 2230. The number of rotatable bonds is 12. The Hall–Kier alpha value is -4.83. The molecule has 7 aliphatic rings. The quantitative estimate of drug-likeness (QED) is 0.0619. The molecule has 6 unspecified atom stereocenters. The van der Waals surface area contributed by atoms with Crippen molar-refractivity contribution in [1.29, 1.82) is 5.26 Å². The Morgan fingerprint density at radius 2 is 1.84 bits per heavy atom. The van der Waals surface area contributed by atoms with E-state index in [1.807, 2.05) is 46.8 Å². The maximum Gasteiger partial charge on any atom is 0.326 e. The highest BCUT2D eigenvalue weighted by atomic mass is 35.5. The number of esters is 1. The zero-order valence-electron chi connectivity index (χ0n) is 34.5. The van der Waals surface area contributed by atoms with Crippen LogP contribution in [0.25, 0.3) is 11.8 Å². The van der Waals surface area contributed by atoms with E-state index in [0.29, 0.717) is 64.3 Å². The van der Waals surface area contributed by atoms with Crippen molar-refractivity contribution in [1.82, 2.24) is 10.6 Å². The number of dihydropyridines is 1. The number of hydrogen-bond acceptors (Lipinski definition) is 11. The van der Waals surface area contributed by atoms with Crippen molar-refractivity contribution in [2.24, 2.45) is 23.5 Å². The largest absolute Gasteiger partial charge is 0.482 e. The van der Waals surface area contributed by atoms with Crippen LogP contribution in [0.15, 0.2) is 58.0 Å². The number of alkyl halides is 1. The van der Waals surface area contributed by atoms with Crippen LogP contribution >= 0.6 is 11.6 Å². The van der Waals surface area contributed by atoms with Gasteiger partial charge in [-0.15, -0.1) is 11.6 Å². The molecule has 4 fully saturated rings. The minimum atomic E-state index is -1.65. The summed E-state index contributed by atoms with van der Waals surface area (Å²) >= 11 is 6.10. The molecule has 5 N–H and O–H groups in total. The van der Waals surface area contributed by atoms with E-state index in [2.05, 4.69) is 42.7 Å². The minimum absolute atomic E-state index is 0.0232. The predicted octanol–water partition coefficient (Wildman–Crippen LogP) is 6.22. The van der Waals surface area contributed by atoms with E-state index in [0.717, 1.165) is 12.0 Å². The standard InChI is InChI=1S/C45H53ClN4O8/c1-23(2)10-9-15-43(8)16-14-27-36(56-43)26(12-11-24(3)4)38-33(37(27)55-31(52)21-46)35-34-32(29(22-47)40(48)50-35)28-20-30-42(6,7)58-44(39(28)53,45(30,34)57-38)17-13-25(5)41(54)49-18-19-51/h10-11,13-14,16,28,30,32,50-51H,9,12,15,17-21,48H2,1-8H3,(H,49,54)/b25-13-. The van der Waals surface area contributed by atoms with E-state index in [-0.39, 0.29) is 48.4 Å². The molecule has 1 aromatic carbocycles. The second-order valence-electron chi connectivity index (χ2n) is 17.4. The van der Waals surface area contributed by atoms with Crippen LogP contribution < -0.4 is 30.6 Å². The third-order valence-electron chi connectivity index (χ3n) is 12.6. The van der Waals surface area contributed by atoms with Gasteiger partial charge >= 0.3 is 5.97 Å². The molecular weight excluding hydrogens is 760 g/mol. The highest BCUT2D eigenvalue weighted by Gasteiger charge is 2.84. The summed E-state index contributed by atoms with van der Waals surface area (Å²) in [6, 6.07) is 2.30. The van der Waals surface area contributed by atoms with Crippen molar-refractivity contribution in [2.75, 3.05) is 19.0 Å². The third-order valence-corrected chi connectivity index (χ3v) is 12.8. The molecule has 0 radical (unpaired) electrons. The first kappa shape index (κ1) is 41.3. The topological polar surface area (TPSA) is 182 Å². The van der Waals surface area contributed by atoms with Gasteiger partial charge in [0.25, 0.3) is 0 Å². The van der Waals surface area contributed by atoms with Crippen LogP contribution in [0, 0.1) is 29.1 Å². The number of nitrogens with zero attached hydrogens (tertiary/aromatic N) is 1. The highest BCUT2D eigenvalue weighted by Crippen LogP contribution is 2.73. The fraction of sp³-hybridized carbons (Fsp3) is 0.511. The fourth-order valence-corrected chi connectivity index (χ4v) is 10.1. The molecule has 3 saturated carbocycles. The molecule has 13 heteroatoms. The number of nitrogens with one attached hydrogen (secondary N) is 2. The monoisotopic (exact) mass is 812 g/mol. The van der Waals surface area contributed by atoms with E-state index < -0.39 is 52.0 Å². The second kappa shape index (κ2) is 14.8. The number of amides is 1. The van der Waals surface area contributed by atoms with Gasteiger partial charge < -0.3 is 40.4 Å². The molecule has 58 heavy (non-hydrogen) atoms. The summed E-state index contributed by atoms with van der Waals surface area (Å²) in [7, 11) is 0. The molecule has 4 bridgehead atoms. The number of ether oxygens (including phenoxy) is 4. The van der Waals surface area contributed by atoms with E-state index in [1.165, 1.54) is 5.57 Å². The third kappa shape index (κ3) is 6.20. The fourth-order valence-electron chi connectivity index (χ4n) is 10.1. The smallest absolute Gasteiger partial charge is 0.326 e. The van der Waals surface area contributed by atoms with Gasteiger partial charge in [0.2, 0.25) is 5.91 Å². The lowest BCUT2D eigenvalue weighted by molar-refractivity contribution is -0.181. The van der Waals surface area contributed by atoms with Crippen molar-refractivity contribution < 1.29 is 38.4 Å². The molecular formula is C45H53ClN4O8. The van der Waals surface area contributed by atoms with Crippen LogP contribution in [0.3, 0.4) is 0 Å². The average Bonchev–Trinajstić information content (AvgIpc) is 3.31. The number of fused-ring (bicyclic) bond motifs is 3. The molecule has 4 heterocycles. The van der Waals surface area contributed by atoms with Crippen LogP contribution in [0.5, 0.6) is 17.2 Å². The number of benzene rings is 1. The summed E-state index contributed by atoms with van der Waals surface area (Å²) in [4.78, 5) is 41.7. The normalized spacial score (nSPS) is 29.2. The van der Waals surface area contributed by atoms with Gasteiger partial charge in [0.15, 0.2) is 22.7 Å². The Morgan fingerprint density at radius 3 is 2.50 bits per heavy atom. The van der Waals surface area contributed by atoms with Gasteiger partial charge in [-0.3, -0.25) is 14.4 Å². The zero-order chi connectivity index (χ0) is 42.1. The summed E-state index contributed by atoms with van der Waals surface area (Å²) in [5.41, 5.74) is 7.40. The number of aliphatic hydroxyl groups is 1. The SMILES string of the molecule is CC(C)=CCCC1(C)C=Cc2c(c(CC=C(C)C)c3c(c2OC(=O)CCl)C2=C4C(C(C#N)=C(N)N2)C2CC5C(C)(C)OC(C/C=C(/C)C(=O)NCCO)(C2=O)C45O3)O1. The van der Waals surface area contributed by atoms with Crippen LogP contribution in [0.1, 0.15) is 97.8 Å². The van der Waals surface area contributed by atoms with Gasteiger partial charge in [-0.25, -0.2) is 0 Å². The number of Topliss-reactive ketones (excluding diaryl/α,β-unsaturated/α-hetero) is 1. The number of carbonyl (C=O) groups excluding carboxylic acids is 3. The maximum absolute atomic E-state index is 15.3. The molecule has 1 saturated heterocycles. The van der Waals surface area contributed by atoms with Crippen molar-refractivity contribution >= 4 is 41.0 Å². The second-order valence-corrected chi connectivity index (χ2v) is 17.7. The lowest BCUT2D eigenvalue weighted by atomic mass is 9.45. The van der Waals surface area contributed by atoms with Crippen molar-refractivity contribution in [3.05, 3.63) is 74.7 Å². The summed E-state index contributed by atoms with van der Waals surface area (Å²) in [6.45, 7) is 15.5. The van der Waals surface area contributed by atoms with Crippen LogP contribution in [0.4, 0.5) is 0 Å². The molecule has 4 aliphatic heterocycles. The number of nitrogens with two attached hydrogens (primary N) is 1. The molecule has 6 atom stereocenters.